The third-order valence-electron chi connectivity index (χ3n) is 4.92. The molecule has 1 fully saturated rings. The van der Waals surface area contributed by atoms with Crippen molar-refractivity contribution < 1.29 is 22.0 Å². The van der Waals surface area contributed by atoms with Gasteiger partial charge in [0, 0.05) is 25.0 Å². The molecule has 0 aromatic heterocycles. The zero-order valence-electron chi connectivity index (χ0n) is 16.0. The van der Waals surface area contributed by atoms with Gasteiger partial charge in [-0.2, -0.15) is 4.31 Å². The Balaban J connectivity index is 1.92. The van der Waals surface area contributed by atoms with E-state index < -0.39 is 21.7 Å². The van der Waals surface area contributed by atoms with E-state index >= 15 is 0 Å². The number of amides is 1. The number of nitrogens with one attached hydrogen (secondary N) is 1. The second-order valence-electron chi connectivity index (χ2n) is 7.64. The molecule has 0 radical (unpaired) electrons. The number of sulfonamides is 1. The fourth-order valence-electron chi connectivity index (χ4n) is 3.16. The van der Waals surface area contributed by atoms with Gasteiger partial charge in [0.05, 0.1) is 4.90 Å². The average Bonchev–Trinajstić information content (AvgIpc) is 2.62. The summed E-state index contributed by atoms with van der Waals surface area (Å²) in [5.41, 5.74) is 0. The lowest BCUT2D eigenvalue weighted by Gasteiger charge is -2.31. The van der Waals surface area contributed by atoms with Gasteiger partial charge in [-0.15, -0.1) is 0 Å². The Morgan fingerprint density at radius 2 is 1.78 bits per heavy atom. The van der Waals surface area contributed by atoms with Crippen molar-refractivity contribution in [3.05, 3.63) is 29.8 Å². The number of nitrogens with zero attached hydrogens (tertiary/aromatic N) is 1. The summed E-state index contributed by atoms with van der Waals surface area (Å²) in [5, 5.41) is 3.01. The fourth-order valence-corrected chi connectivity index (χ4v) is 4.64. The second-order valence-corrected chi connectivity index (χ2v) is 9.57. The standard InChI is InChI=1S/C19H28F2N2O3S/c1-13(2)4-5-14(3)22-19(24)15-8-10-23(11-9-15)27(25,26)16-6-7-17(20)18(21)12-16/h6-7,12-15H,4-5,8-11H2,1-3H3,(H,22,24). The number of rotatable bonds is 7. The van der Waals surface area contributed by atoms with Crippen LogP contribution in [0.25, 0.3) is 0 Å². The van der Waals surface area contributed by atoms with Crippen LogP contribution in [0.2, 0.25) is 0 Å². The predicted octanol–water partition coefficient (Wildman–Crippen LogP) is 3.31. The summed E-state index contributed by atoms with van der Waals surface area (Å²) in [6, 6.07) is 2.65. The van der Waals surface area contributed by atoms with Crippen LogP contribution in [-0.4, -0.2) is 37.8 Å². The molecule has 27 heavy (non-hydrogen) atoms. The Morgan fingerprint density at radius 1 is 1.15 bits per heavy atom. The molecule has 8 heteroatoms. The zero-order chi connectivity index (χ0) is 20.2. The van der Waals surface area contributed by atoms with E-state index in [9.17, 15) is 22.0 Å². The van der Waals surface area contributed by atoms with E-state index in [0.717, 1.165) is 25.0 Å². The monoisotopic (exact) mass is 402 g/mol. The van der Waals surface area contributed by atoms with Crippen molar-refractivity contribution in [2.75, 3.05) is 13.1 Å². The van der Waals surface area contributed by atoms with Gasteiger partial charge in [-0.3, -0.25) is 4.79 Å². The van der Waals surface area contributed by atoms with Crippen LogP contribution in [0.15, 0.2) is 23.1 Å². The number of carbonyl (C=O) groups is 1. The topological polar surface area (TPSA) is 66.5 Å². The molecule has 1 heterocycles. The smallest absolute Gasteiger partial charge is 0.243 e. The van der Waals surface area contributed by atoms with Crippen LogP contribution in [0.5, 0.6) is 0 Å². The van der Waals surface area contributed by atoms with E-state index in [0.29, 0.717) is 24.8 Å². The Morgan fingerprint density at radius 3 is 2.33 bits per heavy atom. The molecule has 1 aromatic carbocycles. The average molecular weight is 403 g/mol. The zero-order valence-corrected chi connectivity index (χ0v) is 16.9. The van der Waals surface area contributed by atoms with Crippen LogP contribution in [0.4, 0.5) is 8.78 Å². The maximum Gasteiger partial charge on any atom is 0.243 e. The lowest BCUT2D eigenvalue weighted by atomic mass is 9.96. The number of piperidine rings is 1. The van der Waals surface area contributed by atoms with Gasteiger partial charge >= 0.3 is 0 Å². The molecule has 1 unspecified atom stereocenters. The first kappa shape index (κ1) is 21.8. The lowest BCUT2D eigenvalue weighted by Crippen LogP contribution is -2.44. The molecule has 152 valence electrons. The van der Waals surface area contributed by atoms with Crippen LogP contribution in [-0.2, 0) is 14.8 Å². The Labute approximate surface area is 160 Å². The van der Waals surface area contributed by atoms with Crippen molar-refractivity contribution in [2.24, 2.45) is 11.8 Å². The first-order chi connectivity index (χ1) is 12.6. The highest BCUT2D eigenvalue weighted by Gasteiger charge is 2.32. The third-order valence-corrected chi connectivity index (χ3v) is 6.81. The van der Waals surface area contributed by atoms with Crippen molar-refractivity contribution in [1.29, 1.82) is 0 Å². The predicted molar refractivity (Wildman–Crippen MR) is 99.5 cm³/mol. The maximum absolute atomic E-state index is 13.4. The Bertz CT molecular complexity index is 760. The molecule has 1 saturated heterocycles. The van der Waals surface area contributed by atoms with Crippen LogP contribution in [0, 0.1) is 23.5 Å². The highest BCUT2D eigenvalue weighted by atomic mass is 32.2. The summed E-state index contributed by atoms with van der Waals surface area (Å²) >= 11 is 0. The molecule has 0 bridgehead atoms. The van der Waals surface area contributed by atoms with Crippen molar-refractivity contribution in [3.63, 3.8) is 0 Å². The highest BCUT2D eigenvalue weighted by Crippen LogP contribution is 2.25. The maximum atomic E-state index is 13.4. The summed E-state index contributed by atoms with van der Waals surface area (Å²) in [6.45, 7) is 6.61. The number of hydrogen-bond acceptors (Lipinski definition) is 3. The molecular weight excluding hydrogens is 374 g/mol. The van der Waals surface area contributed by atoms with Crippen molar-refractivity contribution in [2.45, 2.75) is 57.4 Å². The van der Waals surface area contributed by atoms with Gasteiger partial charge in [-0.05, 0) is 56.7 Å². The molecule has 1 aromatic rings. The van der Waals surface area contributed by atoms with E-state index in [4.69, 9.17) is 0 Å². The molecule has 0 aliphatic carbocycles. The molecule has 2 rings (SSSR count). The molecule has 5 nitrogen and oxygen atoms in total. The van der Waals surface area contributed by atoms with Crippen molar-refractivity contribution in [1.82, 2.24) is 9.62 Å². The van der Waals surface area contributed by atoms with E-state index in [-0.39, 0.29) is 35.9 Å². The third kappa shape index (κ3) is 5.72. The minimum absolute atomic E-state index is 0.0452. The molecular formula is C19H28F2N2O3S. The molecule has 0 saturated carbocycles. The van der Waals surface area contributed by atoms with E-state index in [1.54, 1.807) is 0 Å². The van der Waals surface area contributed by atoms with Gasteiger partial charge in [0.2, 0.25) is 15.9 Å². The molecule has 1 atom stereocenters. The Kier molecular flexibility index (Phi) is 7.33. The van der Waals surface area contributed by atoms with Crippen LogP contribution < -0.4 is 5.32 Å². The summed E-state index contributed by atoms with van der Waals surface area (Å²) in [4.78, 5) is 12.1. The highest BCUT2D eigenvalue weighted by molar-refractivity contribution is 7.89. The second kappa shape index (κ2) is 9.10. The normalized spacial score (nSPS) is 17.9. The minimum atomic E-state index is -3.90. The molecule has 1 aliphatic heterocycles. The number of hydrogen-bond donors (Lipinski definition) is 1. The van der Waals surface area contributed by atoms with Gasteiger partial charge in [-0.1, -0.05) is 13.8 Å². The summed E-state index contributed by atoms with van der Waals surface area (Å²) in [6.07, 6.45) is 2.76. The van der Waals surface area contributed by atoms with Crippen LogP contribution in [0.1, 0.15) is 46.5 Å². The largest absolute Gasteiger partial charge is 0.353 e. The van der Waals surface area contributed by atoms with E-state index in [1.807, 2.05) is 6.92 Å². The first-order valence-electron chi connectivity index (χ1n) is 9.37. The summed E-state index contributed by atoms with van der Waals surface area (Å²) in [5.74, 6) is -1.98. The SMILES string of the molecule is CC(C)CCC(C)NC(=O)C1CCN(S(=O)(=O)c2ccc(F)c(F)c2)CC1. The van der Waals surface area contributed by atoms with Crippen molar-refractivity contribution >= 4 is 15.9 Å². The molecule has 1 aliphatic rings. The molecule has 1 amide bonds. The number of benzene rings is 1. The number of carbonyl (C=O) groups excluding carboxylic acids is 1. The van der Waals surface area contributed by atoms with Gasteiger partial charge in [0.15, 0.2) is 11.6 Å². The Hall–Kier alpha value is -1.54. The number of halogens is 2. The van der Waals surface area contributed by atoms with Gasteiger partial charge in [-0.25, -0.2) is 17.2 Å². The van der Waals surface area contributed by atoms with Crippen LogP contribution >= 0.6 is 0 Å². The molecule has 0 spiro atoms. The molecule has 1 N–H and O–H groups in total. The summed E-state index contributed by atoms with van der Waals surface area (Å²) < 4.78 is 52.8. The van der Waals surface area contributed by atoms with Crippen LogP contribution in [0.3, 0.4) is 0 Å². The van der Waals surface area contributed by atoms with E-state index in [2.05, 4.69) is 19.2 Å². The van der Waals surface area contributed by atoms with Gasteiger partial charge < -0.3 is 5.32 Å². The lowest BCUT2D eigenvalue weighted by molar-refractivity contribution is -0.126. The van der Waals surface area contributed by atoms with Crippen molar-refractivity contribution in [3.8, 4) is 0 Å². The summed E-state index contributed by atoms with van der Waals surface area (Å²) in [7, 11) is -3.90. The van der Waals surface area contributed by atoms with Gasteiger partial charge in [0.25, 0.3) is 0 Å². The fraction of sp³-hybridized carbons (Fsp3) is 0.632. The van der Waals surface area contributed by atoms with Gasteiger partial charge in [0.1, 0.15) is 0 Å². The van der Waals surface area contributed by atoms with E-state index in [1.165, 1.54) is 4.31 Å². The quantitative estimate of drug-likeness (QED) is 0.761. The first-order valence-corrected chi connectivity index (χ1v) is 10.8. The minimum Gasteiger partial charge on any atom is -0.353 e.